The molecule has 138 valence electrons. The van der Waals surface area contributed by atoms with Gasteiger partial charge < -0.3 is 9.47 Å². The first-order valence-corrected chi connectivity index (χ1v) is 9.82. The highest BCUT2D eigenvalue weighted by molar-refractivity contribution is 7.91. The van der Waals surface area contributed by atoms with Crippen molar-refractivity contribution in [2.45, 2.75) is 26.4 Å². The second-order valence-electron chi connectivity index (χ2n) is 5.74. The first-order chi connectivity index (χ1) is 11.8. The molecule has 0 bridgehead atoms. The lowest BCUT2D eigenvalue weighted by molar-refractivity contribution is -0.134. The van der Waals surface area contributed by atoms with E-state index in [1.807, 2.05) is 6.92 Å². The summed E-state index contributed by atoms with van der Waals surface area (Å²) in [6.07, 6.45) is -0.576. The molecule has 2 N–H and O–H groups in total. The van der Waals surface area contributed by atoms with Gasteiger partial charge in [-0.2, -0.15) is 0 Å². The van der Waals surface area contributed by atoms with Crippen LogP contribution >= 0.6 is 0 Å². The summed E-state index contributed by atoms with van der Waals surface area (Å²) >= 11 is 0. The minimum atomic E-state index is -3.15. The van der Waals surface area contributed by atoms with Crippen molar-refractivity contribution in [3.8, 4) is 11.5 Å². The molecule has 1 saturated heterocycles. The van der Waals surface area contributed by atoms with Gasteiger partial charge in [0.25, 0.3) is 5.91 Å². The number of hydrogen-bond donors (Lipinski definition) is 2. The van der Waals surface area contributed by atoms with Crippen LogP contribution in [0.1, 0.15) is 20.3 Å². The van der Waals surface area contributed by atoms with Gasteiger partial charge in [0, 0.05) is 0 Å². The average Bonchev–Trinajstić information content (AvgIpc) is 2.94. The van der Waals surface area contributed by atoms with Gasteiger partial charge in [-0.15, -0.1) is 0 Å². The van der Waals surface area contributed by atoms with Gasteiger partial charge in [-0.05, 0) is 44.5 Å². The number of rotatable bonds is 6. The van der Waals surface area contributed by atoms with E-state index in [0.29, 0.717) is 18.1 Å². The highest BCUT2D eigenvalue weighted by atomic mass is 32.2. The fraction of sp³-hybridized carbons (Fsp3) is 0.500. The van der Waals surface area contributed by atoms with Crippen molar-refractivity contribution in [1.29, 1.82) is 0 Å². The highest BCUT2D eigenvalue weighted by Gasteiger charge is 2.33. The molecule has 9 heteroatoms. The number of nitrogens with one attached hydrogen (secondary N) is 2. The van der Waals surface area contributed by atoms with Crippen LogP contribution in [0.5, 0.6) is 11.5 Å². The quantitative estimate of drug-likeness (QED) is 0.703. The molecule has 0 spiro atoms. The predicted octanol–water partition coefficient (Wildman–Crippen LogP) is 0.435. The largest absolute Gasteiger partial charge is 0.494 e. The Balaban J connectivity index is 1.79. The van der Waals surface area contributed by atoms with E-state index in [1.54, 1.807) is 24.3 Å². The number of amides is 2. The minimum Gasteiger partial charge on any atom is -0.494 e. The van der Waals surface area contributed by atoms with E-state index >= 15 is 0 Å². The molecule has 0 aromatic heterocycles. The van der Waals surface area contributed by atoms with Crippen molar-refractivity contribution in [3.63, 3.8) is 0 Å². The monoisotopic (exact) mass is 370 g/mol. The Morgan fingerprint density at radius 2 is 1.84 bits per heavy atom. The van der Waals surface area contributed by atoms with E-state index in [0.717, 1.165) is 0 Å². The normalized spacial score (nSPS) is 19.7. The number of sulfone groups is 1. The Bertz CT molecular complexity index is 717. The van der Waals surface area contributed by atoms with Gasteiger partial charge in [-0.3, -0.25) is 20.4 Å². The fourth-order valence-electron chi connectivity index (χ4n) is 2.37. The molecule has 2 atom stereocenters. The van der Waals surface area contributed by atoms with Gasteiger partial charge in [-0.1, -0.05) is 0 Å². The van der Waals surface area contributed by atoms with Gasteiger partial charge in [0.05, 0.1) is 24.0 Å². The van der Waals surface area contributed by atoms with Crippen molar-refractivity contribution in [1.82, 2.24) is 10.9 Å². The second-order valence-corrected chi connectivity index (χ2v) is 7.97. The Hall–Kier alpha value is -2.29. The molecule has 1 aliphatic heterocycles. The molecule has 25 heavy (non-hydrogen) atoms. The summed E-state index contributed by atoms with van der Waals surface area (Å²) < 4.78 is 33.5. The van der Waals surface area contributed by atoms with Gasteiger partial charge in [0.2, 0.25) is 5.91 Å². The van der Waals surface area contributed by atoms with E-state index in [9.17, 15) is 18.0 Å². The fourth-order valence-corrected chi connectivity index (χ4v) is 4.11. The third kappa shape index (κ3) is 5.63. The number of hydrogen-bond acceptors (Lipinski definition) is 6. The Morgan fingerprint density at radius 3 is 2.40 bits per heavy atom. The maximum Gasteiger partial charge on any atom is 0.279 e. The lowest BCUT2D eigenvalue weighted by atomic mass is 10.1. The maximum atomic E-state index is 12.0. The van der Waals surface area contributed by atoms with Gasteiger partial charge in [0.15, 0.2) is 15.9 Å². The molecule has 1 aromatic rings. The van der Waals surface area contributed by atoms with Crippen molar-refractivity contribution >= 4 is 21.7 Å². The van der Waals surface area contributed by atoms with Crippen LogP contribution in [0.2, 0.25) is 0 Å². The topological polar surface area (TPSA) is 111 Å². The van der Waals surface area contributed by atoms with Crippen LogP contribution < -0.4 is 20.3 Å². The molecular weight excluding hydrogens is 348 g/mol. The second kappa shape index (κ2) is 8.19. The summed E-state index contributed by atoms with van der Waals surface area (Å²) in [6.45, 7) is 3.98. The molecule has 1 aliphatic rings. The van der Waals surface area contributed by atoms with Crippen molar-refractivity contribution in [2.24, 2.45) is 5.92 Å². The van der Waals surface area contributed by atoms with E-state index in [-0.39, 0.29) is 17.9 Å². The van der Waals surface area contributed by atoms with Crippen LogP contribution in [-0.2, 0) is 19.4 Å². The molecule has 1 fully saturated rings. The SMILES string of the molecule is CCOc1ccc(O[C@H](C)C(=O)NNC(=O)[C@H]2CCS(=O)(=O)C2)cc1. The van der Waals surface area contributed by atoms with Crippen LogP contribution in [0.4, 0.5) is 0 Å². The summed E-state index contributed by atoms with van der Waals surface area (Å²) in [5, 5.41) is 0. The number of ether oxygens (including phenoxy) is 2. The number of hydrazine groups is 1. The molecule has 0 unspecified atom stereocenters. The third-order valence-corrected chi connectivity index (χ3v) is 5.50. The van der Waals surface area contributed by atoms with Gasteiger partial charge >= 0.3 is 0 Å². The van der Waals surface area contributed by atoms with E-state index in [2.05, 4.69) is 10.9 Å². The van der Waals surface area contributed by atoms with Crippen molar-refractivity contribution in [3.05, 3.63) is 24.3 Å². The Kier molecular flexibility index (Phi) is 6.24. The molecule has 0 radical (unpaired) electrons. The molecule has 1 aromatic carbocycles. The van der Waals surface area contributed by atoms with Crippen molar-refractivity contribution in [2.75, 3.05) is 18.1 Å². The lowest BCUT2D eigenvalue weighted by Crippen LogP contribution is -2.49. The summed E-state index contributed by atoms with van der Waals surface area (Å²) in [5.74, 6) is -0.688. The third-order valence-electron chi connectivity index (χ3n) is 3.73. The predicted molar refractivity (Wildman–Crippen MR) is 90.7 cm³/mol. The smallest absolute Gasteiger partial charge is 0.279 e. The lowest BCUT2D eigenvalue weighted by Gasteiger charge is -2.16. The molecular formula is C16H22N2O6S. The zero-order valence-electron chi connectivity index (χ0n) is 14.2. The van der Waals surface area contributed by atoms with Crippen LogP contribution in [0, 0.1) is 5.92 Å². The summed E-state index contributed by atoms with van der Waals surface area (Å²) in [7, 11) is -3.15. The molecule has 1 heterocycles. The molecule has 2 rings (SSSR count). The minimum absolute atomic E-state index is 0.00368. The van der Waals surface area contributed by atoms with Crippen LogP contribution in [0.25, 0.3) is 0 Å². The number of carbonyl (C=O) groups excluding carboxylic acids is 2. The Morgan fingerprint density at radius 1 is 1.20 bits per heavy atom. The number of carbonyl (C=O) groups is 2. The zero-order chi connectivity index (χ0) is 18.4. The molecule has 2 amide bonds. The standard InChI is InChI=1S/C16H22N2O6S/c1-3-23-13-4-6-14(7-5-13)24-11(2)15(19)17-18-16(20)12-8-9-25(21,22)10-12/h4-7,11-12H,3,8-10H2,1-2H3,(H,17,19)(H,18,20)/t11-,12+/m1/s1. The molecule has 8 nitrogen and oxygen atoms in total. The van der Waals surface area contributed by atoms with Crippen molar-refractivity contribution < 1.29 is 27.5 Å². The number of benzene rings is 1. The molecule has 0 saturated carbocycles. The van der Waals surface area contributed by atoms with Crippen LogP contribution in [0.15, 0.2) is 24.3 Å². The van der Waals surface area contributed by atoms with E-state index in [4.69, 9.17) is 9.47 Å². The highest BCUT2D eigenvalue weighted by Crippen LogP contribution is 2.19. The van der Waals surface area contributed by atoms with E-state index in [1.165, 1.54) is 6.92 Å². The van der Waals surface area contributed by atoms with Gasteiger partial charge in [-0.25, -0.2) is 8.42 Å². The van der Waals surface area contributed by atoms with E-state index < -0.39 is 33.7 Å². The molecule has 0 aliphatic carbocycles. The zero-order valence-corrected chi connectivity index (χ0v) is 15.0. The average molecular weight is 370 g/mol. The summed E-state index contributed by atoms with van der Waals surface area (Å²) in [6, 6.07) is 6.81. The summed E-state index contributed by atoms with van der Waals surface area (Å²) in [5.41, 5.74) is 4.51. The summed E-state index contributed by atoms with van der Waals surface area (Å²) in [4.78, 5) is 23.8. The van der Waals surface area contributed by atoms with Crippen LogP contribution in [0.3, 0.4) is 0 Å². The first kappa shape index (κ1) is 19.0. The maximum absolute atomic E-state index is 12.0. The first-order valence-electron chi connectivity index (χ1n) is 8.00. The van der Waals surface area contributed by atoms with Gasteiger partial charge in [0.1, 0.15) is 11.5 Å². The van der Waals surface area contributed by atoms with Crippen LogP contribution in [-0.4, -0.2) is 44.4 Å². The Labute approximate surface area is 146 Å².